The molecule has 0 saturated carbocycles. The molecule has 6 heteroatoms. The average molecular weight is 428 g/mol. The normalized spacial score (nSPS) is 19.4. The smallest absolute Gasteiger partial charge is 0.244 e. The molecule has 1 aliphatic heterocycles. The van der Waals surface area contributed by atoms with Gasteiger partial charge < -0.3 is 15.4 Å². The first-order valence-electron chi connectivity index (χ1n) is 10.0. The van der Waals surface area contributed by atoms with E-state index < -0.39 is 0 Å². The minimum absolute atomic E-state index is 0.0535. The Hall–Kier alpha value is -2.55. The molecule has 1 aromatic carbocycles. The van der Waals surface area contributed by atoms with Crippen molar-refractivity contribution in [2.45, 2.75) is 64.6 Å². The van der Waals surface area contributed by atoms with Crippen LogP contribution in [0.2, 0.25) is 0 Å². The number of nitriles is 1. The molecule has 5 nitrogen and oxygen atoms in total. The number of ether oxygens (including phenoxy) is 1. The van der Waals surface area contributed by atoms with Gasteiger partial charge in [-0.05, 0) is 71.7 Å². The number of hydrogen-bond donors (Lipinski definition) is 2. The second-order valence-electron chi connectivity index (χ2n) is 8.76. The van der Waals surface area contributed by atoms with Crippen LogP contribution in [-0.4, -0.2) is 23.0 Å². The van der Waals surface area contributed by atoms with Gasteiger partial charge in [-0.15, -0.1) is 0 Å². The summed E-state index contributed by atoms with van der Waals surface area (Å²) in [5.41, 5.74) is 0.297. The molecular formula is C24H30ClN3O2. The Labute approximate surface area is 184 Å². The molecule has 0 radical (unpaired) electrons. The van der Waals surface area contributed by atoms with Crippen LogP contribution in [0.4, 0.5) is 0 Å². The van der Waals surface area contributed by atoms with Crippen molar-refractivity contribution in [2.24, 2.45) is 0 Å². The highest BCUT2D eigenvalue weighted by atomic mass is 35.5. The van der Waals surface area contributed by atoms with Crippen LogP contribution in [0.25, 0.3) is 0 Å². The molecule has 1 heterocycles. The average Bonchev–Trinajstić information content (AvgIpc) is 2.63. The quantitative estimate of drug-likeness (QED) is 0.383. The van der Waals surface area contributed by atoms with Crippen molar-refractivity contribution in [3.05, 3.63) is 64.9 Å². The number of allylic oxidation sites excluding steroid dienone is 4. The third-order valence-corrected chi connectivity index (χ3v) is 5.01. The van der Waals surface area contributed by atoms with E-state index in [1.807, 2.05) is 6.92 Å². The van der Waals surface area contributed by atoms with Gasteiger partial charge in [0.15, 0.2) is 0 Å². The van der Waals surface area contributed by atoms with Crippen molar-refractivity contribution in [2.75, 3.05) is 0 Å². The van der Waals surface area contributed by atoms with Crippen LogP contribution in [0, 0.1) is 11.3 Å². The number of rotatable bonds is 6. The molecule has 2 rings (SSSR count). The summed E-state index contributed by atoms with van der Waals surface area (Å²) in [7, 11) is 0. The van der Waals surface area contributed by atoms with Gasteiger partial charge in [0.1, 0.15) is 17.6 Å². The zero-order chi connectivity index (χ0) is 22.4. The number of carbonyl (C=O) groups is 1. The van der Waals surface area contributed by atoms with E-state index in [0.717, 1.165) is 12.8 Å². The number of amides is 1. The third kappa shape index (κ3) is 7.05. The van der Waals surface area contributed by atoms with E-state index >= 15 is 0 Å². The van der Waals surface area contributed by atoms with E-state index in [2.05, 4.69) is 44.4 Å². The number of benzene rings is 1. The van der Waals surface area contributed by atoms with Crippen LogP contribution >= 0.6 is 11.6 Å². The maximum absolute atomic E-state index is 12.5. The van der Waals surface area contributed by atoms with Crippen LogP contribution in [0.1, 0.15) is 53.0 Å². The first-order chi connectivity index (χ1) is 14.0. The van der Waals surface area contributed by atoms with Gasteiger partial charge in [-0.3, -0.25) is 4.79 Å². The molecule has 0 unspecified atom stereocenters. The Morgan fingerprint density at radius 2 is 1.83 bits per heavy atom. The van der Waals surface area contributed by atoms with E-state index in [4.69, 9.17) is 16.3 Å². The summed E-state index contributed by atoms with van der Waals surface area (Å²) in [6, 6.07) is 9.07. The molecule has 1 saturated heterocycles. The predicted octanol–water partition coefficient (Wildman–Crippen LogP) is 4.95. The van der Waals surface area contributed by atoms with Crippen LogP contribution in [0.15, 0.2) is 59.4 Å². The lowest BCUT2D eigenvalue weighted by Crippen LogP contribution is -2.62. The van der Waals surface area contributed by atoms with Gasteiger partial charge in [-0.1, -0.05) is 29.8 Å². The van der Waals surface area contributed by atoms with Crippen molar-refractivity contribution in [1.29, 1.82) is 5.26 Å². The van der Waals surface area contributed by atoms with Crippen molar-refractivity contribution >= 4 is 17.5 Å². The fourth-order valence-corrected chi connectivity index (χ4v) is 4.15. The number of carbonyl (C=O) groups excluding carboxylic acids is 1. The summed E-state index contributed by atoms with van der Waals surface area (Å²) in [6.07, 6.45) is 8.08. The monoisotopic (exact) mass is 427 g/mol. The summed E-state index contributed by atoms with van der Waals surface area (Å²) in [4.78, 5) is 12.5. The molecule has 1 amide bonds. The van der Waals surface area contributed by atoms with Gasteiger partial charge in [-0.2, -0.15) is 5.26 Å². The Morgan fingerprint density at radius 3 is 2.43 bits per heavy atom. The second-order valence-corrected chi connectivity index (χ2v) is 9.17. The van der Waals surface area contributed by atoms with Gasteiger partial charge in [0.2, 0.25) is 5.91 Å². The molecule has 0 aromatic heterocycles. The molecule has 2 N–H and O–H groups in total. The minimum Gasteiger partial charge on any atom is -0.454 e. The lowest BCUT2D eigenvalue weighted by molar-refractivity contribution is -0.117. The highest BCUT2D eigenvalue weighted by molar-refractivity contribution is 6.31. The number of hydrogen-bond acceptors (Lipinski definition) is 4. The van der Waals surface area contributed by atoms with Crippen molar-refractivity contribution in [3.63, 3.8) is 0 Å². The standard InChI is InChI=1S/C24H30ClN3O2/c1-6-9-21(30-20-11-8-7-10-17(20)16-26)19(25)12-13-22(29)27-18-14-23(2,3)28-24(4,5)15-18/h6-13,18,28H,14-15H2,1-5H3,(H,27,29)/b9-6-,13-12+,21-19-. The van der Waals surface area contributed by atoms with Crippen molar-refractivity contribution < 1.29 is 9.53 Å². The molecule has 0 spiro atoms. The lowest BCUT2D eigenvalue weighted by Gasteiger charge is -2.46. The van der Waals surface area contributed by atoms with Crippen LogP contribution in [0.3, 0.4) is 0 Å². The van der Waals surface area contributed by atoms with Gasteiger partial charge in [0.05, 0.1) is 10.6 Å². The largest absolute Gasteiger partial charge is 0.454 e. The maximum Gasteiger partial charge on any atom is 0.244 e. The molecule has 1 fully saturated rings. The van der Waals surface area contributed by atoms with Gasteiger partial charge in [0.25, 0.3) is 0 Å². The van der Waals surface area contributed by atoms with Crippen LogP contribution in [0.5, 0.6) is 5.75 Å². The SMILES string of the molecule is C\C=C/C(Oc1ccccc1C#N)=C(Cl)\C=C\C(=O)NC1CC(C)(C)NC(C)(C)C1. The zero-order valence-electron chi connectivity index (χ0n) is 18.3. The zero-order valence-corrected chi connectivity index (χ0v) is 19.0. The number of nitrogens with one attached hydrogen (secondary N) is 2. The number of halogens is 1. The molecule has 0 aliphatic carbocycles. The Balaban J connectivity index is 2.12. The van der Waals surface area contributed by atoms with Gasteiger partial charge >= 0.3 is 0 Å². The first kappa shape index (κ1) is 23.7. The Kier molecular flexibility index (Phi) is 7.89. The van der Waals surface area contributed by atoms with E-state index in [1.54, 1.807) is 36.4 Å². The number of piperidine rings is 1. The summed E-state index contributed by atoms with van der Waals surface area (Å²) < 4.78 is 5.82. The fourth-order valence-electron chi connectivity index (χ4n) is 3.98. The first-order valence-corrected chi connectivity index (χ1v) is 10.4. The molecular weight excluding hydrogens is 398 g/mol. The molecule has 1 aliphatic rings. The molecule has 0 bridgehead atoms. The highest BCUT2D eigenvalue weighted by Crippen LogP contribution is 2.28. The topological polar surface area (TPSA) is 74.1 Å². The lowest BCUT2D eigenvalue weighted by atomic mass is 9.79. The van der Waals surface area contributed by atoms with Gasteiger partial charge in [0, 0.05) is 23.2 Å². The Bertz CT molecular complexity index is 891. The van der Waals surface area contributed by atoms with Gasteiger partial charge in [-0.25, -0.2) is 0 Å². The predicted molar refractivity (Wildman–Crippen MR) is 121 cm³/mol. The van der Waals surface area contributed by atoms with Crippen molar-refractivity contribution in [3.8, 4) is 11.8 Å². The summed E-state index contributed by atoms with van der Waals surface area (Å²) in [5, 5.41) is 16.2. The maximum atomic E-state index is 12.5. The van der Waals surface area contributed by atoms with E-state index in [9.17, 15) is 10.1 Å². The molecule has 0 atom stereocenters. The van der Waals surface area contributed by atoms with E-state index in [-0.39, 0.29) is 28.1 Å². The van der Waals surface area contributed by atoms with Crippen molar-refractivity contribution in [1.82, 2.24) is 10.6 Å². The summed E-state index contributed by atoms with van der Waals surface area (Å²) >= 11 is 6.39. The minimum atomic E-state index is -0.205. The molecule has 1 aromatic rings. The summed E-state index contributed by atoms with van der Waals surface area (Å²) in [5.74, 6) is 0.558. The number of para-hydroxylation sites is 1. The Morgan fingerprint density at radius 1 is 1.20 bits per heavy atom. The summed E-state index contributed by atoms with van der Waals surface area (Å²) in [6.45, 7) is 10.4. The molecule has 30 heavy (non-hydrogen) atoms. The number of nitrogens with zero attached hydrogens (tertiary/aromatic N) is 1. The van der Waals surface area contributed by atoms with Crippen LogP contribution < -0.4 is 15.4 Å². The van der Waals surface area contributed by atoms with E-state index in [0.29, 0.717) is 17.1 Å². The van der Waals surface area contributed by atoms with E-state index in [1.165, 1.54) is 12.2 Å². The molecule has 160 valence electrons. The fraction of sp³-hybridized carbons (Fsp3) is 0.417. The second kappa shape index (κ2) is 9.97. The van der Waals surface area contributed by atoms with Crippen LogP contribution in [-0.2, 0) is 4.79 Å². The third-order valence-electron chi connectivity index (χ3n) is 4.70. The highest BCUT2D eigenvalue weighted by Gasteiger charge is 2.37.